The number of nitrogens with one attached hydrogen (secondary N) is 4. The van der Waals surface area contributed by atoms with Crippen molar-refractivity contribution in [2.24, 2.45) is 28.6 Å². The minimum Gasteiger partial charge on any atom is -0.493 e. The Morgan fingerprint density at radius 2 is 0.992 bits per heavy atom. The van der Waals surface area contributed by atoms with Crippen LogP contribution in [0.15, 0.2) is 204 Å². The molecule has 0 radical (unpaired) electrons. The minimum absolute atomic E-state index is 0.0541. The monoisotopic (exact) mass is 1800 g/mol. The molecular weight excluding hydrogens is 1710 g/mol. The highest BCUT2D eigenvalue weighted by Gasteiger charge is 2.41. The largest absolute Gasteiger partial charge is 0.493 e. The number of ether oxygens (including phenoxy) is 2. The van der Waals surface area contributed by atoms with Crippen molar-refractivity contribution in [3.8, 4) is 22.9 Å². The lowest BCUT2D eigenvalue weighted by atomic mass is 9.72. The van der Waals surface area contributed by atoms with Gasteiger partial charge >= 0.3 is 0 Å². The predicted octanol–water partition coefficient (Wildman–Crippen LogP) is 16.9. The zero-order valence-electron chi connectivity index (χ0n) is 71.1. The lowest BCUT2D eigenvalue weighted by molar-refractivity contribution is -0.386. The summed E-state index contributed by atoms with van der Waals surface area (Å²) in [6.45, 7) is 18.0. The van der Waals surface area contributed by atoms with Crippen molar-refractivity contribution in [1.82, 2.24) is 63.7 Å². The Labute approximate surface area is 748 Å². The number of aromatic nitrogens is 9. The lowest BCUT2D eigenvalue weighted by Crippen LogP contribution is -2.47. The summed E-state index contributed by atoms with van der Waals surface area (Å²) in [6, 6.07) is 44.7. The normalized spacial score (nSPS) is 18.5. The fourth-order valence-electron chi connectivity index (χ4n) is 19.1. The number of amides is 2. The van der Waals surface area contributed by atoms with E-state index in [1.54, 1.807) is 52.5 Å². The highest BCUT2D eigenvalue weighted by Crippen LogP contribution is 2.49. The summed E-state index contributed by atoms with van der Waals surface area (Å²) in [6.07, 6.45) is 18.3. The average molecular weight is 1800 g/mol. The van der Waals surface area contributed by atoms with Gasteiger partial charge in [-0.3, -0.25) is 64.2 Å². The molecule has 13 aromatic rings. The first kappa shape index (κ1) is 85.1. The van der Waals surface area contributed by atoms with E-state index in [0.29, 0.717) is 87.7 Å². The van der Waals surface area contributed by atoms with Crippen molar-refractivity contribution in [1.29, 1.82) is 0 Å². The van der Waals surface area contributed by atoms with E-state index in [4.69, 9.17) is 37.7 Å². The Balaban J connectivity index is 0.000000167. The molecule has 7 aliphatic rings. The number of hydrogen-bond acceptors (Lipinski definition) is 21. The Hall–Kier alpha value is -12.4. The number of nitro groups is 2. The molecule has 0 spiro atoms. The molecule has 6 aromatic carbocycles. The number of pyridine rings is 3. The van der Waals surface area contributed by atoms with Crippen molar-refractivity contribution in [2.75, 3.05) is 88.5 Å². The summed E-state index contributed by atoms with van der Waals surface area (Å²) >= 11 is 12.5. The second-order valence-electron chi connectivity index (χ2n) is 36.2. The molecular formula is C95H95Cl2N17O12S2. The number of aromatic amines is 2. The number of sulfonamides is 2. The number of rotatable bonds is 21. The molecule has 128 heavy (non-hydrogen) atoms. The van der Waals surface area contributed by atoms with Crippen molar-refractivity contribution in [3.05, 3.63) is 263 Å². The predicted molar refractivity (Wildman–Crippen MR) is 492 cm³/mol. The molecule has 33 heteroatoms. The van der Waals surface area contributed by atoms with Crippen LogP contribution in [0.5, 0.6) is 11.5 Å². The molecule has 3 fully saturated rings. The van der Waals surface area contributed by atoms with Crippen molar-refractivity contribution >= 4 is 133 Å². The second-order valence-corrected chi connectivity index (χ2v) is 40.5. The number of benzene rings is 6. The SMILES string of the molecule is CC1(C)CCC(CN2CCN(c3ccc(C(=O)NS(=O)(=O)c4cc5c(c([N+](=O)[O-])c4)C[C@@H](C4CC4)CO5)c(-n4[nH]cc5nc6nccc6cc54)c3)CC2)=C(c2ccc(Cl)cc2)C1.CC1(C)CCC(CN2CCN(c3ccc(C(=O)NS(=O)(=O)c4cc5c(c([N+](=O)[O-])c4)C[C@@H](Cc4ccccn4)CO5)c(-n4[nH]cc5nc6nccc6cc54)c3)CC2)=C(c2ccc(Cl)cc2)C1. The second kappa shape index (κ2) is 34.3. The summed E-state index contributed by atoms with van der Waals surface area (Å²) in [5, 5.41) is 34.2. The number of nitro benzene ring substituents is 2. The molecule has 1 saturated carbocycles. The Kier molecular flexibility index (Phi) is 22.8. The van der Waals surface area contributed by atoms with Gasteiger partial charge in [-0.05, 0) is 207 Å². The molecule has 20 rings (SSSR count). The highest BCUT2D eigenvalue weighted by atomic mass is 35.5. The van der Waals surface area contributed by atoms with Crippen LogP contribution in [-0.4, -0.2) is 171 Å². The summed E-state index contributed by atoms with van der Waals surface area (Å²) in [4.78, 5) is 83.2. The van der Waals surface area contributed by atoms with Gasteiger partial charge in [-0.1, -0.05) is 92.4 Å². The standard InChI is InChI=1S/C49H48ClN9O6S.C46H47ClN8O6S/c1-49(2)14-12-34(41(27-49)32-6-8-35(50)9-7-32)29-56-17-19-57(20-18-56)37-10-11-39(43(24-37)58-45-23-33-13-16-52-47(33)54-42(45)28-53-58)48(60)55-66(63,64)38-25-44(59(61)62)40-22-31(30-65-46(40)26-38)21-36-5-3-4-15-51-36;1-46(2)13-11-31(38(24-46)29-5-7-33(47)8-6-29)26-52-15-17-53(18-16-52)34-9-10-36(40(21-34)54-42-20-30-12-14-48-44(30)50-39(42)25-49-54)45(56)51-62(59,60)35-22-41(55(57)58)37-19-32(28-3-4-28)27-61-43(37)23-35/h3-11,13,15-16,23-26,28,31,53H,12,14,17-22,27,29-30H2,1-2H3,(H,55,60);5-10,12,14,20-23,25,28,32,49H,3-4,11,13,15-19,24,26-27H2,1-2H3,(H,51,56)/t31-;32-/m11/s1. The van der Waals surface area contributed by atoms with Gasteiger partial charge in [0.2, 0.25) is 0 Å². The van der Waals surface area contributed by atoms with Crippen LogP contribution in [-0.2, 0) is 39.3 Å². The zero-order chi connectivity index (χ0) is 88.7. The summed E-state index contributed by atoms with van der Waals surface area (Å²) in [5.74, 6) is -1.07. The van der Waals surface area contributed by atoms with Crippen LogP contribution < -0.4 is 28.7 Å². The number of anilines is 2. The van der Waals surface area contributed by atoms with Gasteiger partial charge in [-0.15, -0.1) is 0 Å². The van der Waals surface area contributed by atoms with Crippen LogP contribution in [0.25, 0.3) is 66.7 Å². The van der Waals surface area contributed by atoms with Gasteiger partial charge in [0.1, 0.15) is 22.5 Å². The van der Waals surface area contributed by atoms with Crippen LogP contribution in [0.1, 0.15) is 128 Å². The van der Waals surface area contributed by atoms with E-state index in [1.165, 1.54) is 45.6 Å². The molecule has 11 heterocycles. The molecule has 3 aliphatic carbocycles. The molecule has 7 aromatic heterocycles. The molecule has 658 valence electrons. The van der Waals surface area contributed by atoms with Crippen LogP contribution in [0.3, 0.4) is 0 Å². The topological polar surface area (TPSA) is 350 Å². The van der Waals surface area contributed by atoms with Gasteiger partial charge in [-0.2, -0.15) is 0 Å². The maximum atomic E-state index is 14.3. The van der Waals surface area contributed by atoms with Gasteiger partial charge in [0.05, 0.1) is 77.5 Å². The lowest BCUT2D eigenvalue weighted by Gasteiger charge is -2.39. The molecule has 0 unspecified atom stereocenters. The molecule has 4 aliphatic heterocycles. The molecule has 0 bridgehead atoms. The fourth-order valence-corrected chi connectivity index (χ4v) is 21.3. The highest BCUT2D eigenvalue weighted by molar-refractivity contribution is 7.90. The number of nitrogens with zero attached hydrogens (tertiary/aromatic N) is 13. The number of allylic oxidation sites excluding steroid dienone is 2. The number of piperazine rings is 2. The summed E-state index contributed by atoms with van der Waals surface area (Å²) in [7, 11) is -9.24. The first-order valence-electron chi connectivity index (χ1n) is 43.3. The average Bonchev–Trinajstić information content (AvgIpc) is 1.69. The number of H-pyrrole nitrogens is 2. The van der Waals surface area contributed by atoms with Crippen LogP contribution in [0, 0.1) is 48.8 Å². The quantitative estimate of drug-likeness (QED) is 0.0383. The third-order valence-electron chi connectivity index (χ3n) is 26.3. The van der Waals surface area contributed by atoms with Crippen molar-refractivity contribution in [2.45, 2.75) is 108 Å². The van der Waals surface area contributed by atoms with Crippen LogP contribution in [0.4, 0.5) is 22.7 Å². The van der Waals surface area contributed by atoms with Gasteiger partial charge in [0, 0.05) is 170 Å². The summed E-state index contributed by atoms with van der Waals surface area (Å²) in [5.41, 5.74) is 15.8. The minimum atomic E-state index is -4.65. The van der Waals surface area contributed by atoms with E-state index in [1.807, 2.05) is 91.0 Å². The summed E-state index contributed by atoms with van der Waals surface area (Å²) < 4.78 is 75.8. The van der Waals surface area contributed by atoms with Gasteiger partial charge in [0.15, 0.2) is 11.3 Å². The number of hydrogen-bond donors (Lipinski definition) is 4. The molecule has 2 atom stereocenters. The van der Waals surface area contributed by atoms with E-state index in [2.05, 4.69) is 111 Å². The Bertz CT molecular complexity index is 6890. The molecule has 2 saturated heterocycles. The van der Waals surface area contributed by atoms with E-state index < -0.39 is 57.2 Å². The van der Waals surface area contributed by atoms with E-state index in [-0.39, 0.29) is 57.6 Å². The van der Waals surface area contributed by atoms with Crippen LogP contribution >= 0.6 is 23.2 Å². The number of fused-ring (bicyclic) bond motifs is 6. The van der Waals surface area contributed by atoms with E-state index in [0.717, 1.165) is 167 Å². The Morgan fingerprint density at radius 3 is 1.44 bits per heavy atom. The van der Waals surface area contributed by atoms with Crippen LogP contribution in [0.2, 0.25) is 10.0 Å². The maximum absolute atomic E-state index is 14.3. The van der Waals surface area contributed by atoms with E-state index in [9.17, 15) is 46.7 Å². The van der Waals surface area contributed by atoms with Gasteiger partial charge < -0.3 is 19.3 Å². The molecule has 4 N–H and O–H groups in total. The van der Waals surface area contributed by atoms with E-state index >= 15 is 0 Å². The number of halogens is 2. The Morgan fingerprint density at radius 1 is 0.531 bits per heavy atom. The third kappa shape index (κ3) is 17.8. The first-order chi connectivity index (χ1) is 61.5. The zero-order valence-corrected chi connectivity index (χ0v) is 74.2. The number of carbonyl (C=O) groups is 2. The van der Waals surface area contributed by atoms with Crippen molar-refractivity contribution in [3.63, 3.8) is 0 Å². The molecule has 29 nitrogen and oxygen atoms in total. The number of carbonyl (C=O) groups excluding carboxylic acids is 2. The third-order valence-corrected chi connectivity index (χ3v) is 29.4. The van der Waals surface area contributed by atoms with Crippen molar-refractivity contribution < 1.29 is 45.7 Å². The fraction of sp³-hybridized carbons (Fsp3) is 0.337. The van der Waals surface area contributed by atoms with Gasteiger partial charge in [-0.25, -0.2) is 46.2 Å². The molecule has 2 amide bonds. The maximum Gasteiger partial charge on any atom is 0.277 e. The smallest absolute Gasteiger partial charge is 0.277 e. The first-order valence-corrected chi connectivity index (χ1v) is 47.0. The van der Waals surface area contributed by atoms with Gasteiger partial charge in [0.25, 0.3) is 43.2 Å².